The van der Waals surface area contributed by atoms with E-state index in [1.165, 1.54) is 4.31 Å². The van der Waals surface area contributed by atoms with Crippen molar-refractivity contribution in [1.29, 1.82) is 0 Å². The Morgan fingerprint density at radius 2 is 1.72 bits per heavy atom. The van der Waals surface area contributed by atoms with Crippen molar-refractivity contribution in [3.05, 3.63) is 29.8 Å². The molecule has 18 heavy (non-hydrogen) atoms. The van der Waals surface area contributed by atoms with Gasteiger partial charge in [-0.3, -0.25) is 0 Å². The van der Waals surface area contributed by atoms with Gasteiger partial charge in [-0.2, -0.15) is 4.31 Å². The Bertz CT molecular complexity index is 505. The molecule has 0 aromatic heterocycles. The maximum atomic E-state index is 12.2. The molecule has 0 amide bonds. The summed E-state index contributed by atoms with van der Waals surface area (Å²) >= 11 is 4.81. The summed E-state index contributed by atoms with van der Waals surface area (Å²) in [5.74, 6) is 0. The molecule has 0 bridgehead atoms. The van der Waals surface area contributed by atoms with Crippen LogP contribution in [0.25, 0.3) is 0 Å². The minimum Gasteiger partial charge on any atom is -0.393 e. The van der Waals surface area contributed by atoms with Crippen molar-refractivity contribution in [3.8, 4) is 0 Å². The van der Waals surface area contributed by atoms with Crippen LogP contribution in [-0.4, -0.2) is 30.8 Å². The van der Waals surface area contributed by atoms with Gasteiger partial charge in [0, 0.05) is 19.5 Å². The number of thiocarbonyl (C=S) groups is 1. The number of nitrogens with two attached hydrogens (primary N) is 1. The molecular weight excluding hydrogens is 268 g/mol. The van der Waals surface area contributed by atoms with Gasteiger partial charge >= 0.3 is 0 Å². The fraction of sp³-hybridized carbons (Fsp3) is 0.417. The number of sulfonamides is 1. The van der Waals surface area contributed by atoms with E-state index in [1.54, 1.807) is 24.3 Å². The highest BCUT2D eigenvalue weighted by atomic mass is 32.2. The van der Waals surface area contributed by atoms with Crippen LogP contribution < -0.4 is 5.73 Å². The highest BCUT2D eigenvalue weighted by Gasteiger charge is 2.20. The average Bonchev–Trinajstić information content (AvgIpc) is 2.30. The number of hydrogen-bond donors (Lipinski definition) is 1. The van der Waals surface area contributed by atoms with Gasteiger partial charge in [-0.15, -0.1) is 0 Å². The van der Waals surface area contributed by atoms with Crippen molar-refractivity contribution in [2.75, 3.05) is 13.1 Å². The van der Waals surface area contributed by atoms with Gasteiger partial charge in [-0.05, 0) is 17.7 Å². The van der Waals surface area contributed by atoms with Crippen molar-refractivity contribution in [2.24, 2.45) is 5.73 Å². The molecule has 1 aromatic carbocycles. The second kappa shape index (κ2) is 6.26. The lowest BCUT2D eigenvalue weighted by Gasteiger charge is -2.18. The summed E-state index contributed by atoms with van der Waals surface area (Å²) in [6.07, 6.45) is 0.487. The van der Waals surface area contributed by atoms with Gasteiger partial charge in [0.2, 0.25) is 10.0 Å². The first-order valence-corrected chi connectivity index (χ1v) is 7.64. The van der Waals surface area contributed by atoms with Gasteiger partial charge in [0.1, 0.15) is 0 Å². The van der Waals surface area contributed by atoms with Crippen LogP contribution in [0.1, 0.15) is 19.4 Å². The molecule has 100 valence electrons. The molecule has 0 fully saturated rings. The van der Waals surface area contributed by atoms with Gasteiger partial charge in [-0.25, -0.2) is 8.42 Å². The molecule has 0 aliphatic rings. The number of benzene rings is 1. The van der Waals surface area contributed by atoms with Crippen LogP contribution in [0.15, 0.2) is 29.2 Å². The SMILES string of the molecule is CCN(CC)S(=O)(=O)c1ccc(CC(N)=S)cc1. The van der Waals surface area contributed by atoms with Crippen LogP contribution in [0.3, 0.4) is 0 Å². The van der Waals surface area contributed by atoms with E-state index in [9.17, 15) is 8.42 Å². The fourth-order valence-electron chi connectivity index (χ4n) is 1.69. The molecule has 0 radical (unpaired) electrons. The van der Waals surface area contributed by atoms with Gasteiger partial charge in [0.05, 0.1) is 9.88 Å². The molecular formula is C12H18N2O2S2. The topological polar surface area (TPSA) is 63.4 Å². The Hall–Kier alpha value is -0.980. The average molecular weight is 286 g/mol. The fourth-order valence-corrected chi connectivity index (χ4v) is 3.32. The number of nitrogens with zero attached hydrogens (tertiary/aromatic N) is 1. The Labute approximate surface area is 114 Å². The second-order valence-electron chi connectivity index (χ2n) is 3.88. The number of hydrogen-bond acceptors (Lipinski definition) is 3. The van der Waals surface area contributed by atoms with Crippen molar-refractivity contribution in [3.63, 3.8) is 0 Å². The van der Waals surface area contributed by atoms with E-state index in [1.807, 2.05) is 13.8 Å². The molecule has 1 aromatic rings. The smallest absolute Gasteiger partial charge is 0.243 e. The van der Waals surface area contributed by atoms with Crippen LogP contribution in [0.2, 0.25) is 0 Å². The summed E-state index contributed by atoms with van der Waals surface area (Å²) in [5, 5.41) is 0. The molecule has 0 heterocycles. The molecule has 0 aliphatic heterocycles. The van der Waals surface area contributed by atoms with Gasteiger partial charge in [-0.1, -0.05) is 38.2 Å². The predicted molar refractivity (Wildman–Crippen MR) is 77.0 cm³/mol. The summed E-state index contributed by atoms with van der Waals surface area (Å²) in [7, 11) is -3.38. The molecule has 0 saturated carbocycles. The maximum Gasteiger partial charge on any atom is 0.243 e. The Morgan fingerprint density at radius 3 is 2.11 bits per heavy atom. The summed E-state index contributed by atoms with van der Waals surface area (Å²) in [6, 6.07) is 6.69. The standard InChI is InChI=1S/C12H18N2O2S2/c1-3-14(4-2)18(15,16)11-7-5-10(6-8-11)9-12(13)17/h5-8H,3-4,9H2,1-2H3,(H2,13,17). The summed E-state index contributed by atoms with van der Waals surface area (Å²) < 4.78 is 25.8. The van der Waals surface area contributed by atoms with Crippen LogP contribution in [-0.2, 0) is 16.4 Å². The van der Waals surface area contributed by atoms with Gasteiger partial charge < -0.3 is 5.73 Å². The van der Waals surface area contributed by atoms with E-state index < -0.39 is 10.0 Å². The summed E-state index contributed by atoms with van der Waals surface area (Å²) in [4.78, 5) is 0.701. The minimum absolute atomic E-state index is 0.304. The first-order valence-electron chi connectivity index (χ1n) is 5.79. The van der Waals surface area contributed by atoms with Gasteiger partial charge in [0.25, 0.3) is 0 Å². The van der Waals surface area contributed by atoms with E-state index in [0.29, 0.717) is 29.4 Å². The molecule has 0 spiro atoms. The molecule has 2 N–H and O–H groups in total. The molecule has 1 rings (SSSR count). The molecule has 0 atom stereocenters. The van der Waals surface area contributed by atoms with Crippen molar-refractivity contribution in [2.45, 2.75) is 25.2 Å². The van der Waals surface area contributed by atoms with Crippen molar-refractivity contribution in [1.82, 2.24) is 4.31 Å². The molecule has 4 nitrogen and oxygen atoms in total. The lowest BCUT2D eigenvalue weighted by atomic mass is 10.1. The highest BCUT2D eigenvalue weighted by Crippen LogP contribution is 2.16. The monoisotopic (exact) mass is 286 g/mol. The number of rotatable bonds is 6. The minimum atomic E-state index is -3.38. The molecule has 0 unspecified atom stereocenters. The lowest BCUT2D eigenvalue weighted by molar-refractivity contribution is 0.445. The van der Waals surface area contributed by atoms with E-state index in [4.69, 9.17) is 18.0 Å². The third-order valence-corrected chi connectivity index (χ3v) is 4.85. The van der Waals surface area contributed by atoms with E-state index >= 15 is 0 Å². The lowest BCUT2D eigenvalue weighted by Crippen LogP contribution is -2.30. The second-order valence-corrected chi connectivity index (χ2v) is 6.34. The zero-order valence-corrected chi connectivity index (χ0v) is 12.2. The van der Waals surface area contributed by atoms with Crippen LogP contribution in [0.4, 0.5) is 0 Å². The van der Waals surface area contributed by atoms with E-state index in [-0.39, 0.29) is 0 Å². The zero-order chi connectivity index (χ0) is 13.8. The van der Waals surface area contributed by atoms with Gasteiger partial charge in [0.15, 0.2) is 0 Å². The molecule has 6 heteroatoms. The molecule has 0 aliphatic carbocycles. The van der Waals surface area contributed by atoms with Crippen LogP contribution in [0.5, 0.6) is 0 Å². The van der Waals surface area contributed by atoms with Crippen LogP contribution in [0, 0.1) is 0 Å². The summed E-state index contributed by atoms with van der Waals surface area (Å²) in [6.45, 7) is 4.57. The van der Waals surface area contributed by atoms with E-state index in [2.05, 4.69) is 0 Å². The third kappa shape index (κ3) is 3.51. The normalized spacial score (nSPS) is 11.7. The Kier molecular flexibility index (Phi) is 5.25. The molecule has 0 saturated heterocycles. The highest BCUT2D eigenvalue weighted by molar-refractivity contribution is 7.89. The Morgan fingerprint density at radius 1 is 1.22 bits per heavy atom. The van der Waals surface area contributed by atoms with Crippen molar-refractivity contribution < 1.29 is 8.42 Å². The van der Waals surface area contributed by atoms with Crippen LogP contribution >= 0.6 is 12.2 Å². The van der Waals surface area contributed by atoms with E-state index in [0.717, 1.165) is 5.56 Å². The predicted octanol–water partition coefficient (Wildman–Crippen LogP) is 1.55. The maximum absolute atomic E-state index is 12.2. The third-order valence-electron chi connectivity index (χ3n) is 2.64. The van der Waals surface area contributed by atoms with Crippen molar-refractivity contribution >= 4 is 27.2 Å². The Balaban J connectivity index is 3.01. The quantitative estimate of drug-likeness (QED) is 0.806. The first kappa shape index (κ1) is 15.1. The zero-order valence-electron chi connectivity index (χ0n) is 10.6. The first-order chi connectivity index (χ1) is 8.41. The largest absolute Gasteiger partial charge is 0.393 e. The summed E-state index contributed by atoms with van der Waals surface area (Å²) in [5.41, 5.74) is 6.36.